The number of hydrogen-bond acceptors (Lipinski definition) is 2. The van der Waals surface area contributed by atoms with Gasteiger partial charge in [-0.2, -0.15) is 0 Å². The van der Waals surface area contributed by atoms with E-state index in [2.05, 4.69) is 65.4 Å². The smallest absolute Gasteiger partial charge is 0.214 e. The average Bonchev–Trinajstić information content (AvgIpc) is 2.44. The highest BCUT2D eigenvalue weighted by Gasteiger charge is 2.70. The SMILES string of the molecule is C[C@H]1CC(C)(C)N2CC[N+]3(C)[C@@H]4[C@H]2[N+]1(C)CCN4C(C)(C)C[C@@H]3C. The molecule has 0 radical (unpaired) electrons. The number of likely N-dealkylation sites (N-methyl/N-ethyl adjacent to an activating group) is 2. The van der Waals surface area contributed by atoms with Crippen molar-refractivity contribution in [3.05, 3.63) is 0 Å². The first kappa shape index (κ1) is 17.3. The summed E-state index contributed by atoms with van der Waals surface area (Å²) in [4.78, 5) is 5.83. The fraction of sp³-hybridized carbons (Fsp3) is 1.00. The first-order valence-corrected chi connectivity index (χ1v) is 10.2. The van der Waals surface area contributed by atoms with E-state index in [0.717, 1.165) is 12.1 Å². The normalized spacial score (nSPS) is 53.5. The number of hydrogen-bond donors (Lipinski definition) is 0. The van der Waals surface area contributed by atoms with Crippen LogP contribution < -0.4 is 0 Å². The highest BCUT2D eigenvalue weighted by atomic mass is 15.7. The highest BCUT2D eigenvalue weighted by molar-refractivity contribution is 5.02. The maximum absolute atomic E-state index is 2.91. The summed E-state index contributed by atoms with van der Waals surface area (Å²) in [7, 11) is 5.13. The standard InChI is InChI=1S/C20H40N4/c1-15-13-19(3,4)21-10-12-24(8)16(2)14-20(5,6)22-9-11-23(15,7)17(21)18(22)24/h15-18H,9-14H2,1-8H3/q+2/t15-,16-,17+,18+,23?,24?/m0/s1. The lowest BCUT2D eigenvalue weighted by Crippen LogP contribution is -2.92. The Kier molecular flexibility index (Phi) is 3.42. The Hall–Kier alpha value is -0.160. The second-order valence-corrected chi connectivity index (χ2v) is 11.1. The Labute approximate surface area is 149 Å². The van der Waals surface area contributed by atoms with Crippen LogP contribution in [0.2, 0.25) is 0 Å². The minimum absolute atomic E-state index is 0.334. The van der Waals surface area contributed by atoms with Crippen molar-refractivity contribution in [2.75, 3.05) is 40.3 Å². The van der Waals surface area contributed by atoms with E-state index in [0.29, 0.717) is 23.4 Å². The molecule has 4 aliphatic rings. The van der Waals surface area contributed by atoms with Crippen LogP contribution in [-0.2, 0) is 0 Å². The summed E-state index contributed by atoms with van der Waals surface area (Å²) < 4.78 is 2.53. The first-order chi connectivity index (χ1) is 10.9. The molecule has 138 valence electrons. The van der Waals surface area contributed by atoms with Crippen molar-refractivity contribution in [3.8, 4) is 0 Å². The van der Waals surface area contributed by atoms with Crippen LogP contribution in [-0.4, -0.2) is 94.5 Å². The van der Waals surface area contributed by atoms with Crippen LogP contribution in [0.1, 0.15) is 54.4 Å². The molecule has 2 unspecified atom stereocenters. The van der Waals surface area contributed by atoms with E-state index < -0.39 is 0 Å². The summed E-state index contributed by atoms with van der Waals surface area (Å²) in [5, 5.41) is 0. The van der Waals surface area contributed by atoms with Crippen molar-refractivity contribution < 1.29 is 8.97 Å². The molecule has 0 saturated carbocycles. The van der Waals surface area contributed by atoms with E-state index >= 15 is 0 Å². The second-order valence-electron chi connectivity index (χ2n) is 11.1. The van der Waals surface area contributed by atoms with Crippen molar-refractivity contribution in [3.63, 3.8) is 0 Å². The highest BCUT2D eigenvalue weighted by Crippen LogP contribution is 2.50. The second kappa shape index (κ2) is 4.76. The maximum Gasteiger partial charge on any atom is 0.214 e. The van der Waals surface area contributed by atoms with Crippen LogP contribution in [0.15, 0.2) is 0 Å². The van der Waals surface area contributed by atoms with E-state index in [9.17, 15) is 0 Å². The molecule has 0 bridgehead atoms. The van der Waals surface area contributed by atoms with Crippen LogP contribution in [0, 0.1) is 0 Å². The Morgan fingerprint density at radius 1 is 0.708 bits per heavy atom. The van der Waals surface area contributed by atoms with E-state index in [4.69, 9.17) is 0 Å². The van der Waals surface area contributed by atoms with Crippen LogP contribution >= 0.6 is 0 Å². The molecule has 0 N–H and O–H groups in total. The fourth-order valence-corrected chi connectivity index (χ4v) is 7.12. The molecule has 6 atom stereocenters. The van der Waals surface area contributed by atoms with Crippen molar-refractivity contribution in [2.24, 2.45) is 0 Å². The average molecular weight is 337 g/mol. The van der Waals surface area contributed by atoms with E-state index in [1.807, 2.05) is 0 Å². The van der Waals surface area contributed by atoms with Gasteiger partial charge in [0.25, 0.3) is 0 Å². The first-order valence-electron chi connectivity index (χ1n) is 10.2. The summed E-state index contributed by atoms with van der Waals surface area (Å²) in [6, 6.07) is 1.52. The molecule has 4 fully saturated rings. The van der Waals surface area contributed by atoms with Crippen molar-refractivity contribution in [1.82, 2.24) is 9.80 Å². The molecule has 0 amide bonds. The lowest BCUT2D eigenvalue weighted by molar-refractivity contribution is -1.06. The van der Waals surface area contributed by atoms with Gasteiger partial charge in [-0.1, -0.05) is 0 Å². The Bertz CT molecular complexity index is 496. The van der Waals surface area contributed by atoms with E-state index in [-0.39, 0.29) is 0 Å². The molecule has 0 aromatic rings. The molecule has 0 aliphatic carbocycles. The van der Waals surface area contributed by atoms with Gasteiger partial charge in [-0.15, -0.1) is 0 Å². The molecule has 4 nitrogen and oxygen atoms in total. The quantitative estimate of drug-likeness (QED) is 0.626. The maximum atomic E-state index is 2.91. The molecule has 4 rings (SSSR count). The number of quaternary nitrogens is 2. The summed E-state index contributed by atoms with van der Waals surface area (Å²) >= 11 is 0. The van der Waals surface area contributed by atoms with Crippen LogP contribution in [0.25, 0.3) is 0 Å². The van der Waals surface area contributed by atoms with E-state index in [1.54, 1.807) is 0 Å². The van der Waals surface area contributed by atoms with Gasteiger partial charge in [0.05, 0.1) is 52.4 Å². The predicted molar refractivity (Wildman–Crippen MR) is 99.4 cm³/mol. The fourth-order valence-electron chi connectivity index (χ4n) is 7.12. The van der Waals surface area contributed by atoms with Gasteiger partial charge in [0.1, 0.15) is 0 Å². The zero-order chi connectivity index (χ0) is 17.7. The summed E-state index contributed by atoms with van der Waals surface area (Å²) in [6.07, 6.45) is 3.96. The number of nitrogens with zero attached hydrogens (tertiary/aromatic N) is 4. The van der Waals surface area contributed by atoms with Gasteiger partial charge in [-0.05, 0) is 41.5 Å². The third-order valence-corrected chi connectivity index (χ3v) is 8.92. The van der Waals surface area contributed by atoms with Gasteiger partial charge in [0.2, 0.25) is 12.3 Å². The van der Waals surface area contributed by atoms with E-state index in [1.165, 1.54) is 48.0 Å². The molecular weight excluding hydrogens is 296 g/mol. The predicted octanol–water partition coefficient (Wildman–Crippen LogP) is 2.30. The summed E-state index contributed by atoms with van der Waals surface area (Å²) in [5.41, 5.74) is 0.669. The lowest BCUT2D eigenvalue weighted by Gasteiger charge is -2.72. The van der Waals surface area contributed by atoms with Crippen LogP contribution in [0.3, 0.4) is 0 Å². The Morgan fingerprint density at radius 3 is 1.38 bits per heavy atom. The third-order valence-electron chi connectivity index (χ3n) is 8.92. The molecule has 4 saturated heterocycles. The molecule has 4 heteroatoms. The molecule has 0 aromatic heterocycles. The molecule has 0 aromatic carbocycles. The summed E-state index contributed by atoms with van der Waals surface area (Å²) in [6.45, 7) is 20.2. The minimum Gasteiger partial charge on any atom is -0.301 e. The Balaban J connectivity index is 1.87. The van der Waals surface area contributed by atoms with Gasteiger partial charge in [0.15, 0.2) is 0 Å². The topological polar surface area (TPSA) is 6.48 Å². The summed E-state index contributed by atoms with van der Waals surface area (Å²) in [5.74, 6) is 0. The monoisotopic (exact) mass is 336 g/mol. The van der Waals surface area contributed by atoms with Crippen LogP contribution in [0.5, 0.6) is 0 Å². The largest absolute Gasteiger partial charge is 0.301 e. The van der Waals surface area contributed by atoms with Crippen molar-refractivity contribution in [2.45, 2.75) is 89.9 Å². The molecule has 24 heavy (non-hydrogen) atoms. The van der Waals surface area contributed by atoms with Crippen LogP contribution in [0.4, 0.5) is 0 Å². The van der Waals surface area contributed by atoms with Gasteiger partial charge >= 0.3 is 0 Å². The number of rotatable bonds is 0. The van der Waals surface area contributed by atoms with Gasteiger partial charge in [-0.25, -0.2) is 9.80 Å². The molecule has 0 spiro atoms. The van der Waals surface area contributed by atoms with Crippen molar-refractivity contribution >= 4 is 0 Å². The minimum atomic E-state index is 0.334. The zero-order valence-electron chi connectivity index (χ0n) is 17.3. The Morgan fingerprint density at radius 2 is 1.04 bits per heavy atom. The molecule has 4 aliphatic heterocycles. The molecular formula is C20H40N4+2. The molecule has 4 heterocycles. The zero-order valence-corrected chi connectivity index (χ0v) is 17.3. The third kappa shape index (κ3) is 1.94. The lowest BCUT2D eigenvalue weighted by atomic mass is 9.78. The van der Waals surface area contributed by atoms with Gasteiger partial charge in [0, 0.05) is 23.9 Å². The number of piperazine rings is 2. The van der Waals surface area contributed by atoms with Gasteiger partial charge in [-0.3, -0.25) is 0 Å². The van der Waals surface area contributed by atoms with Gasteiger partial charge < -0.3 is 8.97 Å². The van der Waals surface area contributed by atoms with Crippen molar-refractivity contribution in [1.29, 1.82) is 0 Å².